The Morgan fingerprint density at radius 3 is 2.59 bits per heavy atom. The molecule has 0 spiro atoms. The minimum absolute atomic E-state index is 0. The van der Waals surface area contributed by atoms with Gasteiger partial charge in [0, 0.05) is 13.1 Å². The number of ether oxygens (including phenoxy) is 2. The van der Waals surface area contributed by atoms with Crippen LogP contribution in [0.5, 0.6) is 11.5 Å². The predicted molar refractivity (Wildman–Crippen MR) is 123 cm³/mol. The van der Waals surface area contributed by atoms with Gasteiger partial charge in [0.15, 0.2) is 5.96 Å². The van der Waals surface area contributed by atoms with E-state index in [-0.39, 0.29) is 24.0 Å². The number of hydrogen-bond acceptors (Lipinski definition) is 3. The molecule has 0 atom stereocenters. The van der Waals surface area contributed by atoms with E-state index in [9.17, 15) is 0 Å². The van der Waals surface area contributed by atoms with Crippen LogP contribution in [-0.2, 0) is 13.0 Å². The summed E-state index contributed by atoms with van der Waals surface area (Å²) in [5.41, 5.74) is 2.31. The molecular formula is C21H30IN3O2. The molecule has 2 aromatic carbocycles. The van der Waals surface area contributed by atoms with Crippen LogP contribution in [0.1, 0.15) is 25.0 Å². The Morgan fingerprint density at radius 2 is 1.85 bits per heavy atom. The molecule has 0 amide bonds. The fourth-order valence-corrected chi connectivity index (χ4v) is 2.64. The smallest absolute Gasteiger partial charge is 0.191 e. The van der Waals surface area contributed by atoms with Crippen LogP contribution < -0.4 is 20.1 Å². The Morgan fingerprint density at radius 1 is 1.04 bits per heavy atom. The van der Waals surface area contributed by atoms with Crippen molar-refractivity contribution in [3.63, 3.8) is 0 Å². The zero-order chi connectivity index (χ0) is 18.6. The summed E-state index contributed by atoms with van der Waals surface area (Å²) in [4.78, 5) is 4.67. The fraction of sp³-hybridized carbons (Fsp3) is 0.381. The van der Waals surface area contributed by atoms with Gasteiger partial charge in [0.05, 0.1) is 20.3 Å². The first-order valence-electron chi connectivity index (χ1n) is 9.12. The van der Waals surface area contributed by atoms with Gasteiger partial charge in [0.2, 0.25) is 0 Å². The number of guanidine groups is 1. The van der Waals surface area contributed by atoms with E-state index in [1.807, 2.05) is 43.3 Å². The second kappa shape index (κ2) is 13.2. The van der Waals surface area contributed by atoms with Crippen LogP contribution in [0.3, 0.4) is 0 Å². The maximum atomic E-state index is 5.54. The topological polar surface area (TPSA) is 54.9 Å². The van der Waals surface area contributed by atoms with E-state index in [4.69, 9.17) is 9.47 Å². The number of para-hydroxylation sites is 1. The number of nitrogens with one attached hydrogen (secondary N) is 2. The molecule has 27 heavy (non-hydrogen) atoms. The zero-order valence-corrected chi connectivity index (χ0v) is 18.7. The molecule has 0 saturated carbocycles. The number of aliphatic imine (C=N–C) groups is 1. The quantitative estimate of drug-likeness (QED) is 0.322. The van der Waals surface area contributed by atoms with Crippen LogP contribution in [-0.4, -0.2) is 32.8 Å². The summed E-state index contributed by atoms with van der Waals surface area (Å²) in [7, 11) is 1.70. The lowest BCUT2D eigenvalue weighted by Gasteiger charge is -2.13. The molecule has 148 valence electrons. The summed E-state index contributed by atoms with van der Waals surface area (Å²) in [6.07, 6.45) is 0.869. The molecule has 0 unspecified atom stereocenters. The van der Waals surface area contributed by atoms with Crippen molar-refractivity contribution in [2.75, 3.05) is 26.8 Å². The Labute approximate surface area is 179 Å². The molecule has 0 aliphatic heterocycles. The lowest BCUT2D eigenvalue weighted by Crippen LogP contribution is -2.38. The fourth-order valence-electron chi connectivity index (χ4n) is 2.64. The lowest BCUT2D eigenvalue weighted by atomic mass is 10.1. The summed E-state index contributed by atoms with van der Waals surface area (Å²) in [5, 5.41) is 6.67. The van der Waals surface area contributed by atoms with E-state index in [1.54, 1.807) is 7.11 Å². The molecule has 2 N–H and O–H groups in total. The Bertz CT molecular complexity index is 707. The number of hydrogen-bond donors (Lipinski definition) is 2. The van der Waals surface area contributed by atoms with Gasteiger partial charge in [-0.05, 0) is 49.6 Å². The van der Waals surface area contributed by atoms with Gasteiger partial charge < -0.3 is 20.1 Å². The van der Waals surface area contributed by atoms with Gasteiger partial charge in [-0.2, -0.15) is 0 Å². The summed E-state index contributed by atoms with van der Waals surface area (Å²) < 4.78 is 10.9. The highest BCUT2D eigenvalue weighted by Gasteiger charge is 2.03. The van der Waals surface area contributed by atoms with Crippen molar-refractivity contribution in [3.05, 3.63) is 59.7 Å². The van der Waals surface area contributed by atoms with Crippen molar-refractivity contribution in [1.29, 1.82) is 0 Å². The number of benzene rings is 2. The van der Waals surface area contributed by atoms with Crippen LogP contribution >= 0.6 is 24.0 Å². The van der Waals surface area contributed by atoms with Crippen LogP contribution in [0.25, 0.3) is 0 Å². The monoisotopic (exact) mass is 483 g/mol. The molecule has 0 aliphatic carbocycles. The zero-order valence-electron chi connectivity index (χ0n) is 16.3. The predicted octanol–water partition coefficient (Wildman–Crippen LogP) is 4.01. The highest BCUT2D eigenvalue weighted by molar-refractivity contribution is 14.0. The number of rotatable bonds is 9. The summed E-state index contributed by atoms with van der Waals surface area (Å²) in [6.45, 7) is 6.92. The normalized spacial score (nSPS) is 10.7. The van der Waals surface area contributed by atoms with Gasteiger partial charge in [-0.25, -0.2) is 4.99 Å². The molecular weight excluding hydrogens is 453 g/mol. The maximum absolute atomic E-state index is 5.54. The van der Waals surface area contributed by atoms with Crippen LogP contribution in [0.15, 0.2) is 53.5 Å². The van der Waals surface area contributed by atoms with Gasteiger partial charge in [-0.15, -0.1) is 24.0 Å². The lowest BCUT2D eigenvalue weighted by molar-refractivity contribution is 0.340. The SMILES string of the molecule is CCNC(=NCc1cccc(OCC)c1)NCCc1ccccc1OC.I. The third kappa shape index (κ3) is 8.07. The highest BCUT2D eigenvalue weighted by Crippen LogP contribution is 2.17. The standard InChI is InChI=1S/C21H29N3O2.HI/c1-4-22-21(23-14-13-18-10-6-7-12-20(18)25-3)24-16-17-9-8-11-19(15-17)26-5-2;/h6-12,15H,4-5,13-14,16H2,1-3H3,(H2,22,23,24);1H. The highest BCUT2D eigenvalue weighted by atomic mass is 127. The molecule has 0 bridgehead atoms. The first kappa shape index (κ1) is 23.1. The molecule has 0 aromatic heterocycles. The Balaban J connectivity index is 0.00000364. The van der Waals surface area contributed by atoms with Gasteiger partial charge in [0.25, 0.3) is 0 Å². The first-order chi connectivity index (χ1) is 12.8. The minimum atomic E-state index is 0. The second-order valence-electron chi connectivity index (χ2n) is 5.76. The average molecular weight is 483 g/mol. The summed E-state index contributed by atoms with van der Waals surface area (Å²) in [6, 6.07) is 16.1. The van der Waals surface area contributed by atoms with E-state index >= 15 is 0 Å². The van der Waals surface area contributed by atoms with Crippen molar-refractivity contribution >= 4 is 29.9 Å². The van der Waals surface area contributed by atoms with Crippen molar-refractivity contribution < 1.29 is 9.47 Å². The van der Waals surface area contributed by atoms with Crippen LogP contribution in [0, 0.1) is 0 Å². The van der Waals surface area contributed by atoms with Crippen molar-refractivity contribution in [3.8, 4) is 11.5 Å². The van der Waals surface area contributed by atoms with Gasteiger partial charge in [0.1, 0.15) is 11.5 Å². The van der Waals surface area contributed by atoms with E-state index in [0.717, 1.165) is 42.5 Å². The molecule has 2 aromatic rings. The van der Waals surface area contributed by atoms with E-state index < -0.39 is 0 Å². The Hall–Kier alpha value is -1.96. The molecule has 0 fully saturated rings. The summed E-state index contributed by atoms with van der Waals surface area (Å²) >= 11 is 0. The Kier molecular flexibility index (Phi) is 11.3. The van der Waals surface area contributed by atoms with Crippen molar-refractivity contribution in [1.82, 2.24) is 10.6 Å². The van der Waals surface area contributed by atoms with Gasteiger partial charge >= 0.3 is 0 Å². The molecule has 0 radical (unpaired) electrons. The third-order valence-electron chi connectivity index (χ3n) is 3.85. The van der Waals surface area contributed by atoms with Crippen LogP contribution in [0.4, 0.5) is 0 Å². The van der Waals surface area contributed by atoms with Crippen molar-refractivity contribution in [2.24, 2.45) is 4.99 Å². The van der Waals surface area contributed by atoms with E-state index in [2.05, 4.69) is 34.7 Å². The molecule has 5 nitrogen and oxygen atoms in total. The number of halogens is 1. The second-order valence-corrected chi connectivity index (χ2v) is 5.76. The third-order valence-corrected chi connectivity index (χ3v) is 3.85. The maximum Gasteiger partial charge on any atom is 0.191 e. The van der Waals surface area contributed by atoms with E-state index in [0.29, 0.717) is 13.2 Å². The minimum Gasteiger partial charge on any atom is -0.496 e. The average Bonchev–Trinajstić information content (AvgIpc) is 2.67. The van der Waals surface area contributed by atoms with Crippen molar-refractivity contribution in [2.45, 2.75) is 26.8 Å². The molecule has 0 aliphatic rings. The number of nitrogens with zero attached hydrogens (tertiary/aromatic N) is 1. The molecule has 2 rings (SSSR count). The molecule has 0 saturated heterocycles. The van der Waals surface area contributed by atoms with Crippen LogP contribution in [0.2, 0.25) is 0 Å². The van der Waals surface area contributed by atoms with E-state index in [1.165, 1.54) is 5.56 Å². The summed E-state index contributed by atoms with van der Waals surface area (Å²) in [5.74, 6) is 2.61. The van der Waals surface area contributed by atoms with Gasteiger partial charge in [-0.1, -0.05) is 30.3 Å². The first-order valence-corrected chi connectivity index (χ1v) is 9.12. The number of methoxy groups -OCH3 is 1. The molecule has 6 heteroatoms. The van der Waals surface area contributed by atoms with Gasteiger partial charge in [-0.3, -0.25) is 0 Å². The molecule has 0 heterocycles. The largest absolute Gasteiger partial charge is 0.496 e.